The molecule has 0 saturated heterocycles. The number of hydrogen-bond acceptors (Lipinski definition) is 5. The maximum Gasteiger partial charge on any atom is 0.408 e. The van der Waals surface area contributed by atoms with Crippen LogP contribution in [0.2, 0.25) is 0 Å². The Labute approximate surface area is 136 Å². The molecule has 0 aromatic heterocycles. The first-order valence-electron chi connectivity index (χ1n) is 6.96. The molecule has 0 bridgehead atoms. The molecule has 0 atom stereocenters. The summed E-state index contributed by atoms with van der Waals surface area (Å²) in [7, 11) is -3.38. The number of anilines is 1. The largest absolute Gasteiger partial charge is 0.444 e. The lowest BCUT2D eigenvalue weighted by Gasteiger charge is -2.19. The lowest BCUT2D eigenvalue weighted by Crippen LogP contribution is -2.37. The maximum absolute atomic E-state index is 11.8. The van der Waals surface area contributed by atoms with Crippen LogP contribution in [0.5, 0.6) is 0 Å². The number of aryl methyl sites for hydroxylation is 1. The van der Waals surface area contributed by atoms with Crippen LogP contribution in [0.15, 0.2) is 23.1 Å². The minimum absolute atomic E-state index is 0.149. The topological polar surface area (TPSA) is 102 Å². The van der Waals surface area contributed by atoms with Crippen molar-refractivity contribution in [2.45, 2.75) is 38.2 Å². The second-order valence-electron chi connectivity index (χ2n) is 6.16. The molecular formula is C15H22N2O5S. The van der Waals surface area contributed by atoms with Gasteiger partial charge in [0.1, 0.15) is 12.1 Å². The molecule has 128 valence electrons. The highest BCUT2D eigenvalue weighted by Gasteiger charge is 2.17. The summed E-state index contributed by atoms with van der Waals surface area (Å²) < 4.78 is 28.3. The number of sulfone groups is 1. The van der Waals surface area contributed by atoms with E-state index in [1.165, 1.54) is 6.07 Å². The molecule has 0 heterocycles. The highest BCUT2D eigenvalue weighted by Crippen LogP contribution is 2.19. The minimum Gasteiger partial charge on any atom is -0.444 e. The number of alkyl carbamates (subject to hydrolysis) is 1. The second-order valence-corrected chi connectivity index (χ2v) is 8.14. The van der Waals surface area contributed by atoms with Crippen molar-refractivity contribution in [3.8, 4) is 0 Å². The number of carbonyl (C=O) groups is 2. The predicted octanol–water partition coefficient (Wildman–Crippen LogP) is 1.86. The fraction of sp³-hybridized carbons (Fsp3) is 0.467. The molecule has 0 aliphatic heterocycles. The Morgan fingerprint density at radius 2 is 1.83 bits per heavy atom. The molecule has 0 unspecified atom stereocenters. The van der Waals surface area contributed by atoms with Crippen molar-refractivity contribution in [2.75, 3.05) is 18.1 Å². The molecule has 2 amide bonds. The molecule has 23 heavy (non-hydrogen) atoms. The van der Waals surface area contributed by atoms with Crippen LogP contribution in [0.1, 0.15) is 26.3 Å². The Morgan fingerprint density at radius 3 is 2.35 bits per heavy atom. The van der Waals surface area contributed by atoms with Crippen molar-refractivity contribution in [1.29, 1.82) is 0 Å². The maximum atomic E-state index is 11.8. The van der Waals surface area contributed by atoms with Gasteiger partial charge in [0, 0.05) is 11.9 Å². The summed E-state index contributed by atoms with van der Waals surface area (Å²) in [6.45, 7) is 6.53. The molecule has 0 saturated carbocycles. The number of hydrogen-bond donors (Lipinski definition) is 2. The summed E-state index contributed by atoms with van der Waals surface area (Å²) in [5.41, 5.74) is 0.284. The van der Waals surface area contributed by atoms with Gasteiger partial charge in [-0.15, -0.1) is 0 Å². The lowest BCUT2D eigenvalue weighted by molar-refractivity contribution is -0.115. The zero-order chi connectivity index (χ0) is 17.8. The quantitative estimate of drug-likeness (QED) is 0.869. The van der Waals surface area contributed by atoms with Gasteiger partial charge in [0.05, 0.1) is 4.90 Å². The van der Waals surface area contributed by atoms with Gasteiger partial charge in [-0.1, -0.05) is 6.07 Å². The summed E-state index contributed by atoms with van der Waals surface area (Å²) in [5.74, 6) is -0.487. The van der Waals surface area contributed by atoms with Gasteiger partial charge in [-0.3, -0.25) is 4.79 Å². The molecule has 0 aliphatic carbocycles. The molecule has 0 radical (unpaired) electrons. The SMILES string of the molecule is Cc1ccc(NC(=O)CNC(=O)OC(C)(C)C)cc1S(C)(=O)=O. The first-order valence-corrected chi connectivity index (χ1v) is 8.85. The molecule has 0 spiro atoms. The fourth-order valence-corrected chi connectivity index (χ4v) is 2.74. The van der Waals surface area contributed by atoms with E-state index in [1.54, 1.807) is 39.8 Å². The number of nitrogens with one attached hydrogen (secondary N) is 2. The summed E-state index contributed by atoms with van der Waals surface area (Å²) >= 11 is 0. The van der Waals surface area contributed by atoms with Gasteiger partial charge in [0.2, 0.25) is 5.91 Å². The average molecular weight is 342 g/mol. The van der Waals surface area contributed by atoms with Gasteiger partial charge in [-0.25, -0.2) is 13.2 Å². The number of benzene rings is 1. The van der Waals surface area contributed by atoms with Crippen LogP contribution in [-0.2, 0) is 19.4 Å². The summed E-state index contributed by atoms with van der Waals surface area (Å²) in [6.07, 6.45) is 0.402. The van der Waals surface area contributed by atoms with E-state index in [4.69, 9.17) is 4.74 Å². The standard InChI is InChI=1S/C15H22N2O5S/c1-10-6-7-11(8-12(10)23(5,20)21)17-13(18)9-16-14(19)22-15(2,3)4/h6-8H,9H2,1-5H3,(H,16,19)(H,17,18). The molecule has 7 nitrogen and oxygen atoms in total. The van der Waals surface area contributed by atoms with E-state index in [0.29, 0.717) is 11.3 Å². The van der Waals surface area contributed by atoms with Gasteiger partial charge in [-0.05, 0) is 45.4 Å². The zero-order valence-corrected chi connectivity index (χ0v) is 14.7. The van der Waals surface area contributed by atoms with Crippen LogP contribution in [0.3, 0.4) is 0 Å². The first kappa shape index (κ1) is 19.0. The van der Waals surface area contributed by atoms with E-state index in [0.717, 1.165) is 6.26 Å². The van der Waals surface area contributed by atoms with Crippen molar-refractivity contribution < 1.29 is 22.7 Å². The van der Waals surface area contributed by atoms with Gasteiger partial charge < -0.3 is 15.4 Å². The van der Waals surface area contributed by atoms with Crippen molar-refractivity contribution in [3.05, 3.63) is 23.8 Å². The van der Waals surface area contributed by atoms with Crippen LogP contribution in [0, 0.1) is 6.92 Å². The third kappa shape index (κ3) is 6.68. The third-order valence-electron chi connectivity index (χ3n) is 2.66. The van der Waals surface area contributed by atoms with Crippen molar-refractivity contribution in [3.63, 3.8) is 0 Å². The smallest absolute Gasteiger partial charge is 0.408 e. The molecule has 0 fully saturated rings. The Kier molecular flexibility index (Phi) is 5.76. The van der Waals surface area contributed by atoms with Crippen LogP contribution in [0.25, 0.3) is 0 Å². The van der Waals surface area contributed by atoms with Crippen LogP contribution in [-0.4, -0.2) is 38.8 Å². The molecule has 1 rings (SSSR count). The second kappa shape index (κ2) is 6.99. The summed E-state index contributed by atoms with van der Waals surface area (Å²) in [5, 5.41) is 4.85. The van der Waals surface area contributed by atoms with E-state index in [-0.39, 0.29) is 11.4 Å². The van der Waals surface area contributed by atoms with E-state index >= 15 is 0 Å². The number of rotatable bonds is 4. The fourth-order valence-electron chi connectivity index (χ4n) is 1.75. The average Bonchev–Trinajstić information content (AvgIpc) is 2.35. The molecule has 1 aromatic carbocycles. The molecule has 0 aliphatic rings. The van der Waals surface area contributed by atoms with Gasteiger partial charge in [-0.2, -0.15) is 0 Å². The Balaban J connectivity index is 2.67. The number of amides is 2. The number of ether oxygens (including phenoxy) is 1. The zero-order valence-electron chi connectivity index (χ0n) is 13.9. The molecule has 8 heteroatoms. The monoisotopic (exact) mass is 342 g/mol. The van der Waals surface area contributed by atoms with Gasteiger partial charge in [0.15, 0.2) is 9.84 Å². The Morgan fingerprint density at radius 1 is 1.22 bits per heavy atom. The Bertz CT molecular complexity index is 705. The van der Waals surface area contributed by atoms with E-state index in [1.807, 2.05) is 0 Å². The van der Waals surface area contributed by atoms with Crippen molar-refractivity contribution in [1.82, 2.24) is 5.32 Å². The van der Waals surface area contributed by atoms with Crippen LogP contribution >= 0.6 is 0 Å². The van der Waals surface area contributed by atoms with Gasteiger partial charge in [0.25, 0.3) is 0 Å². The van der Waals surface area contributed by atoms with Crippen molar-refractivity contribution >= 4 is 27.5 Å². The van der Waals surface area contributed by atoms with E-state index < -0.39 is 27.4 Å². The van der Waals surface area contributed by atoms with Crippen LogP contribution in [0.4, 0.5) is 10.5 Å². The molecule has 2 N–H and O–H groups in total. The minimum atomic E-state index is -3.38. The van der Waals surface area contributed by atoms with Gasteiger partial charge >= 0.3 is 6.09 Å². The van der Waals surface area contributed by atoms with E-state index in [9.17, 15) is 18.0 Å². The summed E-state index contributed by atoms with van der Waals surface area (Å²) in [6, 6.07) is 4.58. The van der Waals surface area contributed by atoms with E-state index in [2.05, 4.69) is 10.6 Å². The molecular weight excluding hydrogens is 320 g/mol. The highest BCUT2D eigenvalue weighted by molar-refractivity contribution is 7.90. The Hall–Kier alpha value is -2.09. The van der Waals surface area contributed by atoms with Crippen LogP contribution < -0.4 is 10.6 Å². The number of carbonyl (C=O) groups excluding carboxylic acids is 2. The first-order chi connectivity index (χ1) is 10.4. The summed E-state index contributed by atoms with van der Waals surface area (Å²) in [4.78, 5) is 23.4. The normalized spacial score (nSPS) is 11.7. The predicted molar refractivity (Wildman–Crippen MR) is 87.2 cm³/mol. The van der Waals surface area contributed by atoms with Crippen molar-refractivity contribution in [2.24, 2.45) is 0 Å². The third-order valence-corrected chi connectivity index (χ3v) is 3.90. The highest BCUT2D eigenvalue weighted by atomic mass is 32.2. The molecule has 1 aromatic rings. The lowest BCUT2D eigenvalue weighted by atomic mass is 10.2.